The van der Waals surface area contributed by atoms with Gasteiger partial charge in [0.25, 0.3) is 0 Å². The van der Waals surface area contributed by atoms with Crippen LogP contribution in [0.25, 0.3) is 0 Å². The maximum Gasteiger partial charge on any atom is 0.128 e. The van der Waals surface area contributed by atoms with E-state index in [1.807, 2.05) is 0 Å². The van der Waals surface area contributed by atoms with E-state index < -0.39 is 6.10 Å². The summed E-state index contributed by atoms with van der Waals surface area (Å²) in [5.41, 5.74) is 0.772. The lowest BCUT2D eigenvalue weighted by molar-refractivity contribution is -0.0578. The first-order valence-corrected chi connectivity index (χ1v) is 7.06. The fourth-order valence-corrected chi connectivity index (χ4v) is 3.30. The Morgan fingerprint density at radius 2 is 1.89 bits per heavy atom. The van der Waals surface area contributed by atoms with Crippen molar-refractivity contribution in [3.63, 3.8) is 0 Å². The topological polar surface area (TPSA) is 29.5 Å². The van der Waals surface area contributed by atoms with Gasteiger partial charge in [0.2, 0.25) is 0 Å². The van der Waals surface area contributed by atoms with Crippen LogP contribution in [0.4, 0.5) is 4.39 Å². The second-order valence-electron chi connectivity index (χ2n) is 6.85. The molecule has 1 saturated carbocycles. The van der Waals surface area contributed by atoms with Gasteiger partial charge in [0.05, 0.1) is 6.10 Å². The molecule has 19 heavy (non-hydrogen) atoms. The van der Waals surface area contributed by atoms with E-state index in [0.717, 1.165) is 31.2 Å². The van der Waals surface area contributed by atoms with Crippen molar-refractivity contribution in [2.75, 3.05) is 0 Å². The number of hydrogen-bond donors (Lipinski definition) is 1. The van der Waals surface area contributed by atoms with Crippen LogP contribution in [0.1, 0.15) is 57.6 Å². The molecule has 1 aromatic rings. The highest BCUT2D eigenvalue weighted by Crippen LogP contribution is 2.49. The standard InChI is InChI=1S/C16H21FO2/c1-15(2)5-7-16(8-6-15)10-13(18)12-4-3-11(17)9-14(12)19-16/h3-4,9,13,18H,5-8,10H2,1-2H3. The summed E-state index contributed by atoms with van der Waals surface area (Å²) in [5.74, 6) is 0.220. The molecule has 0 radical (unpaired) electrons. The average Bonchev–Trinajstić information content (AvgIpc) is 2.33. The van der Waals surface area contributed by atoms with E-state index in [-0.39, 0.29) is 11.4 Å². The molecule has 1 aliphatic heterocycles. The molecule has 1 heterocycles. The van der Waals surface area contributed by atoms with Gasteiger partial charge in [-0.25, -0.2) is 4.39 Å². The second kappa shape index (κ2) is 4.20. The van der Waals surface area contributed by atoms with E-state index in [0.29, 0.717) is 17.6 Å². The van der Waals surface area contributed by atoms with E-state index in [1.54, 1.807) is 6.07 Å². The van der Waals surface area contributed by atoms with Crippen molar-refractivity contribution in [3.8, 4) is 5.75 Å². The SMILES string of the molecule is CC1(C)CCC2(CC1)CC(O)c1ccc(F)cc1O2. The Balaban J connectivity index is 1.88. The van der Waals surface area contributed by atoms with E-state index in [9.17, 15) is 9.50 Å². The number of benzene rings is 1. The first-order chi connectivity index (χ1) is 8.89. The molecular formula is C16H21FO2. The molecular weight excluding hydrogens is 243 g/mol. The number of aliphatic hydroxyl groups is 1. The minimum absolute atomic E-state index is 0.296. The fraction of sp³-hybridized carbons (Fsp3) is 0.625. The third-order valence-corrected chi connectivity index (χ3v) is 4.74. The minimum Gasteiger partial charge on any atom is -0.487 e. The van der Waals surface area contributed by atoms with Gasteiger partial charge in [-0.1, -0.05) is 13.8 Å². The maximum atomic E-state index is 13.3. The molecule has 0 aromatic heterocycles. The second-order valence-corrected chi connectivity index (χ2v) is 6.85. The molecule has 1 fully saturated rings. The van der Waals surface area contributed by atoms with Gasteiger partial charge < -0.3 is 9.84 Å². The van der Waals surface area contributed by atoms with E-state index in [4.69, 9.17) is 4.74 Å². The van der Waals surface area contributed by atoms with Crippen LogP contribution in [0, 0.1) is 11.2 Å². The smallest absolute Gasteiger partial charge is 0.128 e. The molecule has 0 bridgehead atoms. The third-order valence-electron chi connectivity index (χ3n) is 4.74. The van der Waals surface area contributed by atoms with Gasteiger partial charge in [-0.15, -0.1) is 0 Å². The van der Waals surface area contributed by atoms with Crippen molar-refractivity contribution in [1.29, 1.82) is 0 Å². The number of halogens is 1. The number of hydrogen-bond acceptors (Lipinski definition) is 2. The molecule has 1 N–H and O–H groups in total. The summed E-state index contributed by atoms with van der Waals surface area (Å²) in [7, 11) is 0. The summed E-state index contributed by atoms with van der Waals surface area (Å²) in [6.07, 6.45) is 4.14. The maximum absolute atomic E-state index is 13.3. The Kier molecular flexibility index (Phi) is 2.86. The molecule has 0 saturated heterocycles. The van der Waals surface area contributed by atoms with Crippen molar-refractivity contribution >= 4 is 0 Å². The highest BCUT2D eigenvalue weighted by molar-refractivity contribution is 5.38. The quantitative estimate of drug-likeness (QED) is 0.768. The molecule has 104 valence electrons. The minimum atomic E-state index is -0.537. The summed E-state index contributed by atoms with van der Waals surface area (Å²) >= 11 is 0. The molecule has 1 aliphatic carbocycles. The highest BCUT2D eigenvalue weighted by atomic mass is 19.1. The number of ether oxygens (including phenoxy) is 1. The molecule has 1 atom stereocenters. The molecule has 3 rings (SSSR count). The summed E-state index contributed by atoms with van der Waals surface area (Å²) < 4.78 is 19.4. The van der Waals surface area contributed by atoms with E-state index in [1.165, 1.54) is 12.1 Å². The lowest BCUT2D eigenvalue weighted by atomic mass is 9.68. The predicted octanol–water partition coefficient (Wildman–Crippen LogP) is 3.98. The molecule has 1 unspecified atom stereocenters. The summed E-state index contributed by atoms with van der Waals surface area (Å²) in [5, 5.41) is 10.3. The number of aliphatic hydroxyl groups excluding tert-OH is 1. The summed E-state index contributed by atoms with van der Waals surface area (Å²) in [4.78, 5) is 0. The Morgan fingerprint density at radius 1 is 1.21 bits per heavy atom. The summed E-state index contributed by atoms with van der Waals surface area (Å²) in [6.45, 7) is 4.54. The largest absolute Gasteiger partial charge is 0.487 e. The van der Waals surface area contributed by atoms with Crippen molar-refractivity contribution < 1.29 is 14.2 Å². The first-order valence-electron chi connectivity index (χ1n) is 7.06. The first kappa shape index (κ1) is 12.9. The Morgan fingerprint density at radius 3 is 2.58 bits per heavy atom. The van der Waals surface area contributed by atoms with Crippen LogP contribution in [0.3, 0.4) is 0 Å². The van der Waals surface area contributed by atoms with Gasteiger partial charge in [-0.3, -0.25) is 0 Å². The lowest BCUT2D eigenvalue weighted by Gasteiger charge is -2.47. The zero-order chi connectivity index (χ0) is 13.7. The van der Waals surface area contributed by atoms with Crippen LogP contribution in [-0.4, -0.2) is 10.7 Å². The van der Waals surface area contributed by atoms with Crippen molar-refractivity contribution in [2.24, 2.45) is 5.41 Å². The average molecular weight is 264 g/mol. The summed E-state index contributed by atoms with van der Waals surface area (Å²) in [6, 6.07) is 4.42. The van der Waals surface area contributed by atoms with Gasteiger partial charge in [-0.05, 0) is 43.2 Å². The van der Waals surface area contributed by atoms with E-state index >= 15 is 0 Å². The third kappa shape index (κ3) is 2.36. The number of fused-ring (bicyclic) bond motifs is 1. The van der Waals surface area contributed by atoms with Gasteiger partial charge in [0.15, 0.2) is 0 Å². The van der Waals surface area contributed by atoms with Crippen molar-refractivity contribution in [1.82, 2.24) is 0 Å². The van der Waals surface area contributed by atoms with Crippen LogP contribution in [0.2, 0.25) is 0 Å². The van der Waals surface area contributed by atoms with Gasteiger partial charge in [0, 0.05) is 18.1 Å². The fourth-order valence-electron chi connectivity index (χ4n) is 3.30. The lowest BCUT2D eigenvalue weighted by Crippen LogP contribution is -2.45. The van der Waals surface area contributed by atoms with Crippen LogP contribution in [-0.2, 0) is 0 Å². The van der Waals surface area contributed by atoms with Crippen LogP contribution >= 0.6 is 0 Å². The molecule has 2 aliphatic rings. The molecule has 1 spiro atoms. The van der Waals surface area contributed by atoms with Crippen LogP contribution in [0.5, 0.6) is 5.75 Å². The van der Waals surface area contributed by atoms with Crippen LogP contribution in [0.15, 0.2) is 18.2 Å². The normalized spacial score (nSPS) is 27.7. The molecule has 2 nitrogen and oxygen atoms in total. The monoisotopic (exact) mass is 264 g/mol. The van der Waals surface area contributed by atoms with Gasteiger partial charge in [0.1, 0.15) is 17.2 Å². The number of rotatable bonds is 0. The zero-order valence-corrected chi connectivity index (χ0v) is 11.6. The van der Waals surface area contributed by atoms with E-state index in [2.05, 4.69) is 13.8 Å². The Hall–Kier alpha value is -1.09. The zero-order valence-electron chi connectivity index (χ0n) is 11.6. The molecule has 0 amide bonds. The van der Waals surface area contributed by atoms with Gasteiger partial charge >= 0.3 is 0 Å². The van der Waals surface area contributed by atoms with Gasteiger partial charge in [-0.2, -0.15) is 0 Å². The highest BCUT2D eigenvalue weighted by Gasteiger charge is 2.44. The Bertz CT molecular complexity index is 486. The molecule has 3 heteroatoms. The Labute approximate surface area is 113 Å². The van der Waals surface area contributed by atoms with Crippen molar-refractivity contribution in [3.05, 3.63) is 29.6 Å². The van der Waals surface area contributed by atoms with Crippen molar-refractivity contribution in [2.45, 2.75) is 57.7 Å². The van der Waals surface area contributed by atoms with Crippen LogP contribution < -0.4 is 4.74 Å². The predicted molar refractivity (Wildman–Crippen MR) is 71.6 cm³/mol. The molecule has 1 aromatic carbocycles.